The Morgan fingerprint density at radius 3 is 2.62 bits per heavy atom. The summed E-state index contributed by atoms with van der Waals surface area (Å²) in [7, 11) is 0. The fourth-order valence-electron chi connectivity index (χ4n) is 2.86. The van der Waals surface area contributed by atoms with Crippen LogP contribution in [0.4, 0.5) is 5.69 Å². The van der Waals surface area contributed by atoms with Crippen molar-refractivity contribution in [2.45, 2.75) is 6.92 Å². The normalized spacial score (nSPS) is 10.9. The second kappa shape index (κ2) is 8.15. The van der Waals surface area contributed by atoms with Crippen LogP contribution in [0.25, 0.3) is 22.6 Å². The molecule has 0 aliphatic rings. The predicted octanol–water partition coefficient (Wildman–Crippen LogP) is 6.45. The summed E-state index contributed by atoms with van der Waals surface area (Å²) in [5.74, 6) is 0.925. The molecule has 7 heteroatoms. The van der Waals surface area contributed by atoms with Gasteiger partial charge < -0.3 is 14.5 Å². The third-order valence-corrected chi connectivity index (χ3v) is 4.80. The highest BCUT2D eigenvalue weighted by atomic mass is 35.5. The molecule has 0 bridgehead atoms. The quantitative estimate of drug-likeness (QED) is 0.397. The number of ether oxygens (including phenoxy) is 1. The number of rotatable bonds is 5. The van der Waals surface area contributed by atoms with E-state index in [1.165, 1.54) is 6.07 Å². The molecule has 0 radical (unpaired) electrons. The maximum atomic E-state index is 12.5. The lowest BCUT2D eigenvalue weighted by atomic mass is 10.2. The summed E-state index contributed by atoms with van der Waals surface area (Å²) >= 11 is 12.1. The number of hydrogen-bond acceptors (Lipinski definition) is 4. The molecule has 0 saturated heterocycles. The molecule has 0 atom stereocenters. The Morgan fingerprint density at radius 2 is 1.86 bits per heavy atom. The van der Waals surface area contributed by atoms with Gasteiger partial charge in [0.25, 0.3) is 5.91 Å². The summed E-state index contributed by atoms with van der Waals surface area (Å²) in [4.78, 5) is 17.1. The first-order valence-electron chi connectivity index (χ1n) is 8.93. The molecule has 3 aromatic carbocycles. The average Bonchev–Trinajstić information content (AvgIpc) is 3.14. The first-order chi connectivity index (χ1) is 14.0. The number of hydrogen-bond donors (Lipinski definition) is 1. The third kappa shape index (κ3) is 4.21. The van der Waals surface area contributed by atoms with E-state index in [1.54, 1.807) is 30.3 Å². The molecule has 0 unspecified atom stereocenters. The van der Waals surface area contributed by atoms with Crippen LogP contribution in [0.5, 0.6) is 5.75 Å². The van der Waals surface area contributed by atoms with Gasteiger partial charge in [-0.15, -0.1) is 0 Å². The second-order valence-electron chi connectivity index (χ2n) is 6.24. The number of aromatic nitrogens is 1. The molecule has 1 heterocycles. The van der Waals surface area contributed by atoms with Crippen LogP contribution in [-0.2, 0) is 0 Å². The van der Waals surface area contributed by atoms with Crippen molar-refractivity contribution in [1.29, 1.82) is 0 Å². The largest absolute Gasteiger partial charge is 0.494 e. The molecule has 29 heavy (non-hydrogen) atoms. The summed E-state index contributed by atoms with van der Waals surface area (Å²) in [5.41, 5.74) is 2.96. The standard InChI is InChI=1S/C22H16Cl2N2O3/c1-2-28-16-7-3-13(4-8-16)22-26-19-12-15(6-10-20(19)29-22)25-21(27)17-11-14(23)5-9-18(17)24/h3-12H,2H2,1H3,(H,25,27). The molecule has 0 aliphatic carbocycles. The molecule has 4 rings (SSSR count). The van der Waals surface area contributed by atoms with Crippen molar-refractivity contribution in [2.75, 3.05) is 11.9 Å². The molecular weight excluding hydrogens is 411 g/mol. The Labute approximate surface area is 177 Å². The predicted molar refractivity (Wildman–Crippen MR) is 115 cm³/mol. The maximum absolute atomic E-state index is 12.5. The van der Waals surface area contributed by atoms with E-state index in [0.29, 0.717) is 44.9 Å². The van der Waals surface area contributed by atoms with E-state index in [2.05, 4.69) is 10.3 Å². The molecule has 0 saturated carbocycles. The van der Waals surface area contributed by atoms with Gasteiger partial charge in [0, 0.05) is 16.3 Å². The average molecular weight is 427 g/mol. The molecule has 146 valence electrons. The van der Waals surface area contributed by atoms with Crippen LogP contribution in [0, 0.1) is 0 Å². The van der Waals surface area contributed by atoms with Gasteiger partial charge in [-0.25, -0.2) is 4.98 Å². The lowest BCUT2D eigenvalue weighted by Gasteiger charge is -2.07. The van der Waals surface area contributed by atoms with Crippen LogP contribution in [0.2, 0.25) is 10.0 Å². The minimum Gasteiger partial charge on any atom is -0.494 e. The van der Waals surface area contributed by atoms with E-state index in [9.17, 15) is 4.79 Å². The zero-order chi connectivity index (χ0) is 20.4. The van der Waals surface area contributed by atoms with E-state index in [0.717, 1.165) is 11.3 Å². The van der Waals surface area contributed by atoms with Crippen molar-refractivity contribution in [3.63, 3.8) is 0 Å². The number of nitrogens with one attached hydrogen (secondary N) is 1. The van der Waals surface area contributed by atoms with Gasteiger partial charge in [-0.3, -0.25) is 4.79 Å². The van der Waals surface area contributed by atoms with Gasteiger partial charge >= 0.3 is 0 Å². The van der Waals surface area contributed by atoms with Crippen LogP contribution in [0.15, 0.2) is 65.1 Å². The topological polar surface area (TPSA) is 64.4 Å². The summed E-state index contributed by atoms with van der Waals surface area (Å²) < 4.78 is 11.3. The van der Waals surface area contributed by atoms with Crippen molar-refractivity contribution in [2.24, 2.45) is 0 Å². The van der Waals surface area contributed by atoms with Crippen LogP contribution in [0.3, 0.4) is 0 Å². The molecule has 0 aliphatic heterocycles. The maximum Gasteiger partial charge on any atom is 0.257 e. The Morgan fingerprint density at radius 1 is 1.07 bits per heavy atom. The van der Waals surface area contributed by atoms with Gasteiger partial charge in [0.05, 0.1) is 17.2 Å². The number of nitrogens with zero attached hydrogens (tertiary/aromatic N) is 1. The van der Waals surface area contributed by atoms with Crippen molar-refractivity contribution in [3.05, 3.63) is 76.3 Å². The van der Waals surface area contributed by atoms with Gasteiger partial charge in [0.1, 0.15) is 11.3 Å². The summed E-state index contributed by atoms with van der Waals surface area (Å²) in [6.07, 6.45) is 0. The highest BCUT2D eigenvalue weighted by Crippen LogP contribution is 2.28. The summed E-state index contributed by atoms with van der Waals surface area (Å²) in [6.45, 7) is 2.54. The van der Waals surface area contributed by atoms with E-state index < -0.39 is 0 Å². The number of carbonyl (C=O) groups is 1. The number of amides is 1. The fraction of sp³-hybridized carbons (Fsp3) is 0.0909. The van der Waals surface area contributed by atoms with E-state index >= 15 is 0 Å². The smallest absolute Gasteiger partial charge is 0.257 e. The number of fused-ring (bicyclic) bond motifs is 1. The molecule has 1 N–H and O–H groups in total. The van der Waals surface area contributed by atoms with E-state index in [-0.39, 0.29) is 5.91 Å². The van der Waals surface area contributed by atoms with Gasteiger partial charge in [-0.05, 0) is 67.6 Å². The van der Waals surface area contributed by atoms with E-state index in [1.807, 2.05) is 31.2 Å². The molecule has 0 fully saturated rings. The Balaban J connectivity index is 1.58. The molecule has 0 spiro atoms. The van der Waals surface area contributed by atoms with Crippen molar-refractivity contribution in [1.82, 2.24) is 4.98 Å². The Bertz CT molecular complexity index is 1190. The van der Waals surface area contributed by atoms with Crippen molar-refractivity contribution < 1.29 is 13.9 Å². The van der Waals surface area contributed by atoms with Crippen LogP contribution < -0.4 is 10.1 Å². The molecular formula is C22H16Cl2N2O3. The number of halogens is 2. The molecule has 5 nitrogen and oxygen atoms in total. The highest BCUT2D eigenvalue weighted by Gasteiger charge is 2.13. The van der Waals surface area contributed by atoms with Gasteiger partial charge in [0.2, 0.25) is 5.89 Å². The number of benzene rings is 3. The summed E-state index contributed by atoms with van der Waals surface area (Å²) in [5, 5.41) is 3.57. The number of anilines is 1. The zero-order valence-electron chi connectivity index (χ0n) is 15.4. The van der Waals surface area contributed by atoms with Gasteiger partial charge in [-0.1, -0.05) is 23.2 Å². The number of oxazole rings is 1. The minimum atomic E-state index is -0.355. The first kappa shape index (κ1) is 19.3. The zero-order valence-corrected chi connectivity index (χ0v) is 16.9. The summed E-state index contributed by atoms with van der Waals surface area (Å²) in [6, 6.07) is 17.5. The Kier molecular flexibility index (Phi) is 5.43. The van der Waals surface area contributed by atoms with Crippen molar-refractivity contribution >= 4 is 45.9 Å². The molecule has 1 aromatic heterocycles. The lowest BCUT2D eigenvalue weighted by Crippen LogP contribution is -2.12. The second-order valence-corrected chi connectivity index (χ2v) is 7.08. The molecule has 1 amide bonds. The van der Waals surface area contributed by atoms with Gasteiger partial charge in [0.15, 0.2) is 5.58 Å². The third-order valence-electron chi connectivity index (χ3n) is 4.23. The highest BCUT2D eigenvalue weighted by molar-refractivity contribution is 6.36. The Hall–Kier alpha value is -3.02. The lowest BCUT2D eigenvalue weighted by molar-refractivity contribution is 0.102. The number of carbonyl (C=O) groups excluding carboxylic acids is 1. The van der Waals surface area contributed by atoms with Crippen LogP contribution in [-0.4, -0.2) is 17.5 Å². The fourth-order valence-corrected chi connectivity index (χ4v) is 3.23. The molecule has 4 aromatic rings. The first-order valence-corrected chi connectivity index (χ1v) is 9.69. The van der Waals surface area contributed by atoms with E-state index in [4.69, 9.17) is 32.4 Å². The van der Waals surface area contributed by atoms with Crippen LogP contribution in [0.1, 0.15) is 17.3 Å². The minimum absolute atomic E-state index is 0.300. The van der Waals surface area contributed by atoms with Gasteiger partial charge in [-0.2, -0.15) is 0 Å². The SMILES string of the molecule is CCOc1ccc(-c2nc3cc(NC(=O)c4cc(Cl)ccc4Cl)ccc3o2)cc1. The van der Waals surface area contributed by atoms with Crippen molar-refractivity contribution in [3.8, 4) is 17.2 Å². The monoisotopic (exact) mass is 426 g/mol. The van der Waals surface area contributed by atoms with Crippen LogP contribution >= 0.6 is 23.2 Å².